The highest BCUT2D eigenvalue weighted by atomic mass is 16.1. The Bertz CT molecular complexity index is 409. The lowest BCUT2D eigenvalue weighted by molar-refractivity contribution is 0.0994. The van der Waals surface area contributed by atoms with Gasteiger partial charge in [0.15, 0.2) is 5.78 Å². The minimum atomic E-state index is 0.327. The van der Waals surface area contributed by atoms with Crippen LogP contribution in [-0.2, 0) is 12.8 Å². The maximum absolute atomic E-state index is 11.5. The van der Waals surface area contributed by atoms with Gasteiger partial charge in [0.2, 0.25) is 0 Å². The highest BCUT2D eigenvalue weighted by Gasteiger charge is 2.24. The largest absolute Gasteiger partial charge is 0.385 e. The highest BCUT2D eigenvalue weighted by Crippen LogP contribution is 2.33. The molecule has 0 unspecified atom stereocenters. The molecule has 2 aliphatic rings. The van der Waals surface area contributed by atoms with Crippen molar-refractivity contribution in [2.24, 2.45) is 0 Å². The molecule has 2 heteroatoms. The van der Waals surface area contributed by atoms with Crippen LogP contribution in [0.15, 0.2) is 12.1 Å². The van der Waals surface area contributed by atoms with Gasteiger partial charge in [-0.3, -0.25) is 4.79 Å². The van der Waals surface area contributed by atoms with Crippen LogP contribution in [0.1, 0.15) is 34.3 Å². The molecule has 0 bridgehead atoms. The molecule has 2 nitrogen and oxygen atoms in total. The summed E-state index contributed by atoms with van der Waals surface area (Å²) < 4.78 is 0. The molecular formula is C12H13NO. The van der Waals surface area contributed by atoms with Crippen molar-refractivity contribution >= 4 is 11.5 Å². The van der Waals surface area contributed by atoms with Crippen molar-refractivity contribution in [1.82, 2.24) is 0 Å². The zero-order valence-corrected chi connectivity index (χ0v) is 8.10. The fraction of sp³-hybridized carbons (Fsp3) is 0.417. The van der Waals surface area contributed by atoms with Gasteiger partial charge in [-0.2, -0.15) is 0 Å². The van der Waals surface area contributed by atoms with Crippen LogP contribution in [0.2, 0.25) is 0 Å². The summed E-state index contributed by atoms with van der Waals surface area (Å²) >= 11 is 0. The summed E-state index contributed by atoms with van der Waals surface area (Å²) in [6.07, 6.45) is 4.00. The summed E-state index contributed by atoms with van der Waals surface area (Å²) in [5, 5.41) is 3.40. The van der Waals surface area contributed by atoms with Gasteiger partial charge in [-0.05, 0) is 42.5 Å². The van der Waals surface area contributed by atoms with Crippen LogP contribution in [-0.4, -0.2) is 12.3 Å². The lowest BCUT2D eigenvalue weighted by atomic mass is 9.95. The smallest absolute Gasteiger partial charge is 0.163 e. The molecule has 0 radical (unpaired) electrons. The number of ketones is 1. The molecule has 0 spiro atoms. The van der Waals surface area contributed by atoms with Gasteiger partial charge in [0.1, 0.15) is 0 Å². The van der Waals surface area contributed by atoms with Gasteiger partial charge in [0, 0.05) is 24.2 Å². The number of rotatable bonds is 0. The molecule has 0 aromatic heterocycles. The van der Waals surface area contributed by atoms with Crippen LogP contribution in [0.4, 0.5) is 5.69 Å². The average molecular weight is 187 g/mol. The topological polar surface area (TPSA) is 29.1 Å². The van der Waals surface area contributed by atoms with E-state index in [1.165, 1.54) is 23.2 Å². The molecule has 1 N–H and O–H groups in total. The van der Waals surface area contributed by atoms with E-state index < -0.39 is 0 Å². The first-order valence-corrected chi connectivity index (χ1v) is 5.28. The van der Waals surface area contributed by atoms with Gasteiger partial charge >= 0.3 is 0 Å². The Labute approximate surface area is 83.3 Å². The maximum atomic E-state index is 11.5. The Balaban J connectivity index is 2.20. The Kier molecular flexibility index (Phi) is 1.63. The quantitative estimate of drug-likeness (QED) is 0.674. The number of carbonyl (C=O) groups is 1. The van der Waals surface area contributed by atoms with Crippen molar-refractivity contribution in [3.05, 3.63) is 28.8 Å². The first-order valence-electron chi connectivity index (χ1n) is 5.28. The van der Waals surface area contributed by atoms with Gasteiger partial charge in [-0.1, -0.05) is 0 Å². The number of benzene rings is 1. The third-order valence-corrected chi connectivity index (χ3v) is 3.25. The van der Waals surface area contributed by atoms with Crippen LogP contribution in [0.3, 0.4) is 0 Å². The zero-order chi connectivity index (χ0) is 9.54. The van der Waals surface area contributed by atoms with Crippen molar-refractivity contribution in [3.8, 4) is 0 Å². The van der Waals surface area contributed by atoms with Crippen LogP contribution < -0.4 is 5.32 Å². The number of Topliss-reactive ketones (excluding diaryl/α,β-unsaturated/α-hetero) is 1. The summed E-state index contributed by atoms with van der Waals surface area (Å²) in [6, 6.07) is 4.05. The van der Waals surface area contributed by atoms with Crippen molar-refractivity contribution in [2.45, 2.75) is 25.7 Å². The van der Waals surface area contributed by atoms with E-state index >= 15 is 0 Å². The lowest BCUT2D eigenvalue weighted by Crippen LogP contribution is -2.13. The van der Waals surface area contributed by atoms with Crippen LogP contribution in [0, 0.1) is 0 Å². The van der Waals surface area contributed by atoms with E-state index in [0.717, 1.165) is 24.9 Å². The van der Waals surface area contributed by atoms with E-state index in [9.17, 15) is 4.79 Å². The molecule has 1 aliphatic heterocycles. The van der Waals surface area contributed by atoms with E-state index in [1.54, 1.807) is 0 Å². The maximum Gasteiger partial charge on any atom is 0.163 e. The van der Waals surface area contributed by atoms with E-state index in [-0.39, 0.29) is 0 Å². The standard InChI is InChI=1S/C12H13NO/c14-12-6-4-8-9-2-1-7-13-11(9)5-3-10(8)12/h3,5,13H,1-2,4,6-7H2. The molecule has 0 amide bonds. The minimum Gasteiger partial charge on any atom is -0.385 e. The molecule has 1 heterocycles. The Morgan fingerprint density at radius 3 is 2.93 bits per heavy atom. The van der Waals surface area contributed by atoms with Crippen molar-refractivity contribution in [1.29, 1.82) is 0 Å². The Hall–Kier alpha value is -1.31. The van der Waals surface area contributed by atoms with Gasteiger partial charge in [-0.15, -0.1) is 0 Å². The van der Waals surface area contributed by atoms with E-state index in [2.05, 4.69) is 11.4 Å². The SMILES string of the molecule is O=C1CCc2c1ccc1c2CCCN1. The van der Waals surface area contributed by atoms with Gasteiger partial charge in [-0.25, -0.2) is 0 Å². The first-order chi connectivity index (χ1) is 6.86. The third kappa shape index (κ3) is 0.999. The zero-order valence-electron chi connectivity index (χ0n) is 8.10. The number of fused-ring (bicyclic) bond motifs is 3. The molecular weight excluding hydrogens is 174 g/mol. The molecule has 1 aromatic rings. The number of carbonyl (C=O) groups excluding carboxylic acids is 1. The molecule has 1 aliphatic carbocycles. The second-order valence-electron chi connectivity index (χ2n) is 4.07. The van der Waals surface area contributed by atoms with Crippen LogP contribution in [0.25, 0.3) is 0 Å². The molecule has 3 rings (SSSR count). The Morgan fingerprint density at radius 2 is 2.00 bits per heavy atom. The summed E-state index contributed by atoms with van der Waals surface area (Å²) in [6.45, 7) is 1.07. The van der Waals surface area contributed by atoms with Crippen molar-refractivity contribution in [2.75, 3.05) is 11.9 Å². The monoisotopic (exact) mass is 187 g/mol. The average Bonchev–Trinajstić information content (AvgIpc) is 2.61. The van der Waals surface area contributed by atoms with Crippen LogP contribution in [0.5, 0.6) is 0 Å². The van der Waals surface area contributed by atoms with Crippen molar-refractivity contribution in [3.63, 3.8) is 0 Å². The van der Waals surface area contributed by atoms with E-state index in [4.69, 9.17) is 0 Å². The molecule has 0 saturated carbocycles. The minimum absolute atomic E-state index is 0.327. The summed E-state index contributed by atoms with van der Waals surface area (Å²) in [7, 11) is 0. The molecule has 72 valence electrons. The lowest BCUT2D eigenvalue weighted by Gasteiger charge is -2.20. The van der Waals surface area contributed by atoms with Crippen molar-refractivity contribution < 1.29 is 4.79 Å². The highest BCUT2D eigenvalue weighted by molar-refractivity contribution is 6.01. The van der Waals surface area contributed by atoms with Gasteiger partial charge in [0.05, 0.1) is 0 Å². The molecule has 0 atom stereocenters. The predicted molar refractivity (Wildman–Crippen MR) is 55.9 cm³/mol. The van der Waals surface area contributed by atoms with E-state index in [0.29, 0.717) is 12.2 Å². The Morgan fingerprint density at radius 1 is 1.07 bits per heavy atom. The first kappa shape index (κ1) is 8.04. The third-order valence-electron chi connectivity index (χ3n) is 3.25. The fourth-order valence-electron chi connectivity index (χ4n) is 2.55. The van der Waals surface area contributed by atoms with Gasteiger partial charge in [0.25, 0.3) is 0 Å². The molecule has 1 aromatic carbocycles. The molecule has 0 saturated heterocycles. The molecule has 14 heavy (non-hydrogen) atoms. The normalized spacial score (nSPS) is 18.7. The van der Waals surface area contributed by atoms with Gasteiger partial charge < -0.3 is 5.32 Å². The molecule has 0 fully saturated rings. The van der Waals surface area contributed by atoms with E-state index in [1.807, 2.05) is 6.07 Å². The number of nitrogens with one attached hydrogen (secondary N) is 1. The number of hydrogen-bond donors (Lipinski definition) is 1. The summed E-state index contributed by atoms with van der Waals surface area (Å²) in [5.74, 6) is 0.327. The number of hydrogen-bond acceptors (Lipinski definition) is 2. The fourth-order valence-corrected chi connectivity index (χ4v) is 2.55. The second-order valence-corrected chi connectivity index (χ2v) is 4.07. The number of anilines is 1. The summed E-state index contributed by atoms with van der Waals surface area (Å²) in [4.78, 5) is 11.5. The van der Waals surface area contributed by atoms with Crippen LogP contribution >= 0.6 is 0 Å². The summed E-state index contributed by atoms with van der Waals surface area (Å²) in [5.41, 5.74) is 4.96. The predicted octanol–water partition coefficient (Wildman–Crippen LogP) is 2.17. The second kappa shape index (κ2) is 2.84.